The van der Waals surface area contributed by atoms with Crippen molar-refractivity contribution in [3.05, 3.63) is 40.8 Å². The van der Waals surface area contributed by atoms with Gasteiger partial charge in [-0.3, -0.25) is 0 Å². The van der Waals surface area contributed by atoms with E-state index in [2.05, 4.69) is 18.2 Å². The van der Waals surface area contributed by atoms with Gasteiger partial charge in [-0.2, -0.15) is 0 Å². The van der Waals surface area contributed by atoms with Crippen molar-refractivity contribution in [1.82, 2.24) is 9.55 Å². The first-order chi connectivity index (χ1) is 8.22. The third kappa shape index (κ3) is 2.82. The minimum absolute atomic E-state index is 0.562. The molecule has 0 unspecified atom stereocenters. The van der Waals surface area contributed by atoms with E-state index in [0.717, 1.165) is 30.6 Å². The van der Waals surface area contributed by atoms with Crippen LogP contribution in [-0.4, -0.2) is 9.55 Å². The molecule has 0 aliphatic rings. The molecule has 2 aromatic rings. The van der Waals surface area contributed by atoms with E-state index in [1.165, 1.54) is 0 Å². The molecule has 0 amide bonds. The van der Waals surface area contributed by atoms with Crippen molar-refractivity contribution >= 4 is 23.2 Å². The Labute approximate surface area is 111 Å². The lowest BCUT2D eigenvalue weighted by Crippen LogP contribution is -1.98. The van der Waals surface area contributed by atoms with Crippen molar-refractivity contribution in [2.45, 2.75) is 26.3 Å². The molecule has 0 saturated heterocycles. The molecule has 0 fully saturated rings. The number of hydrogen-bond donors (Lipinski definition) is 0. The molecule has 89 valence electrons. The molecule has 1 aromatic carbocycles. The highest BCUT2D eigenvalue weighted by atomic mass is 35.5. The van der Waals surface area contributed by atoms with Gasteiger partial charge in [0.2, 0.25) is 0 Å². The Hall–Kier alpha value is -0.990. The number of rotatable bonds is 4. The Morgan fingerprint density at radius 2 is 2.12 bits per heavy atom. The monoisotopic (exact) mass is 267 g/mol. The zero-order chi connectivity index (χ0) is 12.3. The van der Waals surface area contributed by atoms with Crippen LogP contribution >= 0.6 is 23.2 Å². The van der Waals surface area contributed by atoms with Gasteiger partial charge in [-0.05, 0) is 18.6 Å². The SMILES string of the molecule is CCCCn1[c]ncc1-c1ccc(Cl)c(Cl)c1. The molecule has 1 aromatic heterocycles. The summed E-state index contributed by atoms with van der Waals surface area (Å²) in [5, 5.41) is 1.13. The predicted molar refractivity (Wildman–Crippen MR) is 71.4 cm³/mol. The number of imidazole rings is 1. The van der Waals surface area contributed by atoms with E-state index in [1.807, 2.05) is 16.7 Å². The van der Waals surface area contributed by atoms with Gasteiger partial charge in [-0.15, -0.1) is 0 Å². The topological polar surface area (TPSA) is 17.8 Å². The molecule has 0 bridgehead atoms. The quantitative estimate of drug-likeness (QED) is 0.800. The molecule has 0 spiro atoms. The predicted octanol–water partition coefficient (Wildman–Crippen LogP) is 4.46. The average Bonchev–Trinajstić information content (AvgIpc) is 2.78. The van der Waals surface area contributed by atoms with Crippen LogP contribution in [0.3, 0.4) is 0 Å². The summed E-state index contributed by atoms with van der Waals surface area (Å²) in [4.78, 5) is 4.07. The van der Waals surface area contributed by atoms with Gasteiger partial charge < -0.3 is 4.57 Å². The molecule has 1 radical (unpaired) electrons. The molecule has 2 rings (SSSR count). The Balaban J connectivity index is 2.32. The van der Waals surface area contributed by atoms with E-state index in [1.54, 1.807) is 12.3 Å². The number of benzene rings is 1. The van der Waals surface area contributed by atoms with E-state index in [9.17, 15) is 0 Å². The van der Waals surface area contributed by atoms with Crippen LogP contribution in [0.25, 0.3) is 11.3 Å². The highest BCUT2D eigenvalue weighted by Gasteiger charge is 2.07. The minimum Gasteiger partial charge on any atom is -0.321 e. The second-order valence-electron chi connectivity index (χ2n) is 3.88. The summed E-state index contributed by atoms with van der Waals surface area (Å²) in [6, 6.07) is 5.61. The van der Waals surface area contributed by atoms with Gasteiger partial charge in [-0.25, -0.2) is 4.98 Å². The fourth-order valence-electron chi connectivity index (χ4n) is 1.66. The third-order valence-electron chi connectivity index (χ3n) is 2.61. The molecular weight excluding hydrogens is 255 g/mol. The Bertz CT molecular complexity index is 506. The van der Waals surface area contributed by atoms with Crippen molar-refractivity contribution in [3.63, 3.8) is 0 Å². The van der Waals surface area contributed by atoms with E-state index < -0.39 is 0 Å². The van der Waals surface area contributed by atoms with Gasteiger partial charge in [0.05, 0.1) is 21.9 Å². The Kier molecular flexibility index (Phi) is 4.08. The first kappa shape index (κ1) is 12.5. The lowest BCUT2D eigenvalue weighted by molar-refractivity contribution is 0.632. The van der Waals surface area contributed by atoms with Crippen LogP contribution < -0.4 is 0 Å². The van der Waals surface area contributed by atoms with Crippen LogP contribution in [0.4, 0.5) is 0 Å². The van der Waals surface area contributed by atoms with Crippen molar-refractivity contribution in [2.75, 3.05) is 0 Å². The summed E-state index contributed by atoms with van der Waals surface area (Å²) < 4.78 is 2.02. The number of unbranched alkanes of at least 4 members (excludes halogenated alkanes) is 1. The summed E-state index contributed by atoms with van der Waals surface area (Å²) in [6.45, 7) is 3.09. The van der Waals surface area contributed by atoms with Gasteiger partial charge in [0.15, 0.2) is 6.33 Å². The average molecular weight is 268 g/mol. The molecule has 0 saturated carbocycles. The maximum absolute atomic E-state index is 6.02. The first-order valence-electron chi connectivity index (χ1n) is 5.61. The van der Waals surface area contributed by atoms with Crippen LogP contribution in [0.1, 0.15) is 19.8 Å². The van der Waals surface area contributed by atoms with Gasteiger partial charge in [0.25, 0.3) is 0 Å². The Morgan fingerprint density at radius 1 is 1.29 bits per heavy atom. The molecule has 17 heavy (non-hydrogen) atoms. The summed E-state index contributed by atoms with van der Waals surface area (Å²) in [7, 11) is 0. The van der Waals surface area contributed by atoms with Crippen LogP contribution in [0, 0.1) is 6.33 Å². The molecule has 1 heterocycles. The molecule has 0 aliphatic carbocycles. The summed E-state index contributed by atoms with van der Waals surface area (Å²) in [5.74, 6) is 0. The normalized spacial score (nSPS) is 10.8. The molecule has 2 nitrogen and oxygen atoms in total. The minimum atomic E-state index is 0.562. The molecule has 0 atom stereocenters. The second-order valence-corrected chi connectivity index (χ2v) is 4.69. The van der Waals surface area contributed by atoms with Crippen LogP contribution in [-0.2, 0) is 6.54 Å². The van der Waals surface area contributed by atoms with Crippen molar-refractivity contribution in [2.24, 2.45) is 0 Å². The zero-order valence-corrected chi connectivity index (χ0v) is 11.1. The molecule has 0 N–H and O–H groups in total. The van der Waals surface area contributed by atoms with Gasteiger partial charge in [0, 0.05) is 12.1 Å². The van der Waals surface area contributed by atoms with Gasteiger partial charge >= 0.3 is 0 Å². The standard InChI is InChI=1S/C13H13Cl2N2/c1-2-3-6-17-9-16-8-13(17)10-4-5-11(14)12(15)7-10/h4-5,7-8H,2-3,6H2,1H3. The maximum Gasteiger partial charge on any atom is 0.176 e. The van der Waals surface area contributed by atoms with Crippen LogP contribution in [0.5, 0.6) is 0 Å². The van der Waals surface area contributed by atoms with E-state index in [-0.39, 0.29) is 0 Å². The fourth-order valence-corrected chi connectivity index (χ4v) is 1.95. The maximum atomic E-state index is 6.02. The zero-order valence-electron chi connectivity index (χ0n) is 9.58. The van der Waals surface area contributed by atoms with E-state index in [4.69, 9.17) is 23.2 Å². The molecule has 4 heteroatoms. The van der Waals surface area contributed by atoms with Crippen molar-refractivity contribution in [1.29, 1.82) is 0 Å². The van der Waals surface area contributed by atoms with Crippen LogP contribution in [0.15, 0.2) is 24.4 Å². The fraction of sp³-hybridized carbons (Fsp3) is 0.308. The smallest absolute Gasteiger partial charge is 0.176 e. The van der Waals surface area contributed by atoms with E-state index >= 15 is 0 Å². The summed E-state index contributed by atoms with van der Waals surface area (Å²) in [6.07, 6.45) is 7.02. The first-order valence-corrected chi connectivity index (χ1v) is 6.36. The second kappa shape index (κ2) is 5.56. The number of hydrogen-bond acceptors (Lipinski definition) is 1. The number of nitrogens with zero attached hydrogens (tertiary/aromatic N) is 2. The Morgan fingerprint density at radius 3 is 2.82 bits per heavy atom. The van der Waals surface area contributed by atoms with Gasteiger partial charge in [-0.1, -0.05) is 42.6 Å². The highest BCUT2D eigenvalue weighted by molar-refractivity contribution is 6.42. The highest BCUT2D eigenvalue weighted by Crippen LogP contribution is 2.28. The largest absolute Gasteiger partial charge is 0.321 e. The van der Waals surface area contributed by atoms with Crippen molar-refractivity contribution < 1.29 is 0 Å². The summed E-state index contributed by atoms with van der Waals surface area (Å²) in [5.41, 5.74) is 2.04. The summed E-state index contributed by atoms with van der Waals surface area (Å²) >= 11 is 11.9. The third-order valence-corrected chi connectivity index (χ3v) is 3.35. The number of aryl methyl sites for hydroxylation is 1. The number of aromatic nitrogens is 2. The lowest BCUT2D eigenvalue weighted by atomic mass is 10.1. The van der Waals surface area contributed by atoms with Crippen LogP contribution in [0.2, 0.25) is 10.0 Å². The lowest BCUT2D eigenvalue weighted by Gasteiger charge is -2.07. The van der Waals surface area contributed by atoms with Gasteiger partial charge in [0.1, 0.15) is 0 Å². The van der Waals surface area contributed by atoms with Crippen molar-refractivity contribution in [3.8, 4) is 11.3 Å². The number of halogens is 2. The molecular formula is C13H13Cl2N2. The van der Waals surface area contributed by atoms with E-state index in [0.29, 0.717) is 10.0 Å². The molecule has 0 aliphatic heterocycles.